The van der Waals surface area contributed by atoms with E-state index in [2.05, 4.69) is 14.9 Å². The van der Waals surface area contributed by atoms with Crippen LogP contribution in [0.15, 0.2) is 71.8 Å². The summed E-state index contributed by atoms with van der Waals surface area (Å²) < 4.78 is 7.61. The molecule has 0 spiro atoms. The molecule has 3 heterocycles. The van der Waals surface area contributed by atoms with Gasteiger partial charge in [-0.05, 0) is 87.3 Å². The molecule has 1 aliphatic rings. The Morgan fingerprint density at radius 3 is 2.56 bits per heavy atom. The number of ether oxygens (including phenoxy) is 1. The fourth-order valence-corrected chi connectivity index (χ4v) is 4.67. The third-order valence-corrected chi connectivity index (χ3v) is 6.46. The van der Waals surface area contributed by atoms with Crippen LogP contribution in [0, 0.1) is 6.92 Å². The van der Waals surface area contributed by atoms with Crippen LogP contribution in [0.2, 0.25) is 0 Å². The molecule has 1 saturated heterocycles. The molecular formula is C28H30N4O2. The van der Waals surface area contributed by atoms with Crippen molar-refractivity contribution in [3.05, 3.63) is 83.2 Å². The van der Waals surface area contributed by atoms with Gasteiger partial charge in [0.15, 0.2) is 0 Å². The molecule has 2 aromatic carbocycles. The van der Waals surface area contributed by atoms with E-state index in [-0.39, 0.29) is 5.56 Å². The molecule has 0 N–H and O–H groups in total. The average Bonchev–Trinajstić information content (AvgIpc) is 2.88. The van der Waals surface area contributed by atoms with Gasteiger partial charge in [-0.3, -0.25) is 14.3 Å². The van der Waals surface area contributed by atoms with Gasteiger partial charge < -0.3 is 9.64 Å². The quantitative estimate of drug-likeness (QED) is 0.367. The molecule has 6 heteroatoms. The molecule has 0 amide bonds. The molecule has 0 atom stereocenters. The van der Waals surface area contributed by atoms with Crippen LogP contribution in [0.5, 0.6) is 5.75 Å². The Bertz CT molecular complexity index is 1310. The Balaban J connectivity index is 1.33. The lowest BCUT2D eigenvalue weighted by Crippen LogP contribution is -2.31. The van der Waals surface area contributed by atoms with Crippen molar-refractivity contribution in [2.45, 2.75) is 32.6 Å². The Labute approximate surface area is 199 Å². The minimum atomic E-state index is -0.0801. The van der Waals surface area contributed by atoms with Crippen molar-refractivity contribution < 1.29 is 4.74 Å². The number of hydrogen-bond donors (Lipinski definition) is 0. The van der Waals surface area contributed by atoms with Gasteiger partial charge in [0.2, 0.25) is 0 Å². The minimum Gasteiger partial charge on any atom is -0.494 e. The van der Waals surface area contributed by atoms with Gasteiger partial charge in [-0.25, -0.2) is 4.98 Å². The Morgan fingerprint density at radius 2 is 1.79 bits per heavy atom. The molecule has 4 aromatic rings. The van der Waals surface area contributed by atoms with Crippen molar-refractivity contribution in [2.24, 2.45) is 0 Å². The second-order valence-electron chi connectivity index (χ2n) is 8.87. The van der Waals surface area contributed by atoms with Crippen molar-refractivity contribution in [1.29, 1.82) is 0 Å². The molecule has 6 nitrogen and oxygen atoms in total. The number of hydrogen-bond acceptors (Lipinski definition) is 5. The topological polar surface area (TPSA) is 60.3 Å². The van der Waals surface area contributed by atoms with Gasteiger partial charge in [-0.15, -0.1) is 0 Å². The van der Waals surface area contributed by atoms with E-state index in [1.165, 1.54) is 32.4 Å². The highest BCUT2D eigenvalue weighted by molar-refractivity contribution is 5.84. The van der Waals surface area contributed by atoms with Gasteiger partial charge in [0.25, 0.3) is 5.56 Å². The highest BCUT2D eigenvalue weighted by Crippen LogP contribution is 2.23. The summed E-state index contributed by atoms with van der Waals surface area (Å²) in [4.78, 5) is 24.9. The molecule has 0 saturated carbocycles. The summed E-state index contributed by atoms with van der Waals surface area (Å²) in [6.45, 7) is 6.08. The lowest BCUT2D eigenvalue weighted by Gasteiger charge is -2.26. The van der Waals surface area contributed by atoms with E-state index < -0.39 is 0 Å². The lowest BCUT2D eigenvalue weighted by atomic mass is 10.1. The number of rotatable bonds is 7. The summed E-state index contributed by atoms with van der Waals surface area (Å²) in [5.41, 5.74) is 3.31. The van der Waals surface area contributed by atoms with Crippen LogP contribution in [0.1, 0.15) is 31.5 Å². The highest BCUT2D eigenvalue weighted by atomic mass is 16.5. The zero-order valence-corrected chi connectivity index (χ0v) is 19.6. The minimum absolute atomic E-state index is 0.0801. The number of aryl methyl sites for hydroxylation is 1. The van der Waals surface area contributed by atoms with Crippen LogP contribution in [0.4, 0.5) is 0 Å². The molecule has 5 rings (SSSR count). The predicted molar refractivity (Wildman–Crippen MR) is 136 cm³/mol. The number of nitrogens with zero attached hydrogens (tertiary/aromatic N) is 4. The smallest absolute Gasteiger partial charge is 0.265 e. The Kier molecular flexibility index (Phi) is 6.67. The summed E-state index contributed by atoms with van der Waals surface area (Å²) in [5.74, 6) is 1.47. The third kappa shape index (κ3) is 4.87. The van der Waals surface area contributed by atoms with Crippen LogP contribution in [0.3, 0.4) is 0 Å². The van der Waals surface area contributed by atoms with Gasteiger partial charge in [0, 0.05) is 24.5 Å². The van der Waals surface area contributed by atoms with E-state index in [1.54, 1.807) is 17.0 Å². The molecule has 0 radical (unpaired) electrons. The summed E-state index contributed by atoms with van der Waals surface area (Å²) in [5, 5.41) is 0.588. The maximum atomic E-state index is 13.5. The van der Waals surface area contributed by atoms with E-state index in [9.17, 15) is 4.79 Å². The summed E-state index contributed by atoms with van der Waals surface area (Å²) >= 11 is 0. The van der Waals surface area contributed by atoms with Crippen molar-refractivity contribution >= 4 is 10.9 Å². The second kappa shape index (κ2) is 10.2. The first-order valence-electron chi connectivity index (χ1n) is 12.1. The van der Waals surface area contributed by atoms with Crippen molar-refractivity contribution in [3.8, 4) is 22.6 Å². The van der Waals surface area contributed by atoms with Crippen molar-refractivity contribution in [1.82, 2.24) is 19.4 Å². The first-order valence-corrected chi connectivity index (χ1v) is 12.1. The summed E-state index contributed by atoms with van der Waals surface area (Å²) in [6, 6.07) is 17.4. The van der Waals surface area contributed by atoms with Crippen molar-refractivity contribution in [2.75, 3.05) is 26.2 Å². The number of aromatic nitrogens is 3. The third-order valence-electron chi connectivity index (χ3n) is 6.46. The number of benzene rings is 2. The first kappa shape index (κ1) is 22.3. The monoisotopic (exact) mass is 454 g/mol. The second-order valence-corrected chi connectivity index (χ2v) is 8.87. The van der Waals surface area contributed by atoms with Crippen LogP contribution in [-0.2, 0) is 0 Å². The van der Waals surface area contributed by atoms with Gasteiger partial charge in [-0.2, -0.15) is 0 Å². The molecule has 0 unspecified atom stereocenters. The molecule has 0 aliphatic carbocycles. The summed E-state index contributed by atoms with van der Waals surface area (Å²) in [6.07, 6.45) is 8.55. The van der Waals surface area contributed by atoms with Crippen LogP contribution < -0.4 is 10.3 Å². The maximum absolute atomic E-state index is 13.5. The normalized spacial score (nSPS) is 14.4. The van der Waals surface area contributed by atoms with Crippen LogP contribution in [0.25, 0.3) is 27.7 Å². The fraction of sp³-hybridized carbons (Fsp3) is 0.321. The van der Waals surface area contributed by atoms with Gasteiger partial charge in [0.1, 0.15) is 11.6 Å². The number of piperidine rings is 1. The molecule has 1 fully saturated rings. The first-order chi connectivity index (χ1) is 16.7. The maximum Gasteiger partial charge on any atom is 0.265 e. The standard InChI is InChI=1S/C28H30N4O2/c1-21-30-27-13-8-22(23-7-5-14-29-20-23)19-26(27)28(33)32(21)24-9-11-25(12-10-24)34-18-6-17-31-15-3-2-4-16-31/h5,7-14,19-20H,2-4,6,15-18H2,1H3. The zero-order valence-electron chi connectivity index (χ0n) is 19.6. The predicted octanol–water partition coefficient (Wildman–Crippen LogP) is 5.01. The largest absolute Gasteiger partial charge is 0.494 e. The zero-order chi connectivity index (χ0) is 23.3. The van der Waals surface area contributed by atoms with Gasteiger partial charge in [-0.1, -0.05) is 18.6 Å². The van der Waals surface area contributed by atoms with E-state index in [4.69, 9.17) is 4.74 Å². The molecule has 174 valence electrons. The van der Waals surface area contributed by atoms with E-state index in [1.807, 2.05) is 61.5 Å². The molecule has 1 aliphatic heterocycles. The van der Waals surface area contributed by atoms with Gasteiger partial charge in [0.05, 0.1) is 23.2 Å². The van der Waals surface area contributed by atoms with Crippen LogP contribution >= 0.6 is 0 Å². The SMILES string of the molecule is Cc1nc2ccc(-c3cccnc3)cc2c(=O)n1-c1ccc(OCCCN2CCCCC2)cc1. The van der Waals surface area contributed by atoms with Crippen LogP contribution in [-0.4, -0.2) is 45.7 Å². The Morgan fingerprint density at radius 1 is 0.971 bits per heavy atom. The summed E-state index contributed by atoms with van der Waals surface area (Å²) in [7, 11) is 0. The van der Waals surface area contributed by atoms with E-state index >= 15 is 0 Å². The molecule has 0 bridgehead atoms. The number of pyridine rings is 1. The molecular weight excluding hydrogens is 424 g/mol. The lowest BCUT2D eigenvalue weighted by molar-refractivity contribution is 0.205. The Hall–Kier alpha value is -3.51. The number of fused-ring (bicyclic) bond motifs is 1. The molecule has 34 heavy (non-hydrogen) atoms. The molecule has 2 aromatic heterocycles. The average molecular weight is 455 g/mol. The highest BCUT2D eigenvalue weighted by Gasteiger charge is 2.12. The van der Waals surface area contributed by atoms with E-state index in [0.717, 1.165) is 35.5 Å². The van der Waals surface area contributed by atoms with E-state index in [0.29, 0.717) is 23.3 Å². The van der Waals surface area contributed by atoms with Crippen molar-refractivity contribution in [3.63, 3.8) is 0 Å². The fourth-order valence-electron chi connectivity index (χ4n) is 4.67. The van der Waals surface area contributed by atoms with Gasteiger partial charge >= 0.3 is 0 Å². The number of likely N-dealkylation sites (tertiary alicyclic amines) is 1.